The second kappa shape index (κ2) is 7.18. The number of hydrogen-bond donors (Lipinski definition) is 1. The van der Waals surface area contributed by atoms with Crippen LogP contribution in [0.4, 0.5) is 0 Å². The molecular weight excluding hydrogens is 294 g/mol. The lowest BCUT2D eigenvalue weighted by Crippen LogP contribution is -2.50. The zero-order chi connectivity index (χ0) is 16.3. The van der Waals surface area contributed by atoms with Crippen LogP contribution in [0.15, 0.2) is 12.1 Å². The van der Waals surface area contributed by atoms with Crippen LogP contribution < -0.4 is 4.74 Å². The molecule has 128 valence electrons. The van der Waals surface area contributed by atoms with Gasteiger partial charge in [0.25, 0.3) is 0 Å². The van der Waals surface area contributed by atoms with Gasteiger partial charge in [-0.1, -0.05) is 12.1 Å². The zero-order valence-electron chi connectivity index (χ0n) is 14.1. The van der Waals surface area contributed by atoms with Crippen LogP contribution in [0.2, 0.25) is 0 Å². The lowest BCUT2D eigenvalue weighted by atomic mass is 9.88. The van der Waals surface area contributed by atoms with Crippen molar-refractivity contribution in [2.45, 2.75) is 20.4 Å². The van der Waals surface area contributed by atoms with Crippen molar-refractivity contribution in [3.05, 3.63) is 28.8 Å². The SMILES string of the molecule is Cc1cc(CN2CCOCC2)cc(C)c1OCC1(CO)COC1. The molecule has 1 aromatic carbocycles. The van der Waals surface area contributed by atoms with Crippen molar-refractivity contribution in [3.63, 3.8) is 0 Å². The first-order valence-electron chi connectivity index (χ1n) is 8.33. The standard InChI is InChI=1S/C18H27NO4/c1-14-7-16(9-19-3-5-21-6-4-19)8-15(2)17(14)23-13-18(10-20)11-22-12-18/h7-8,20H,3-6,9-13H2,1-2H3. The van der Waals surface area contributed by atoms with Gasteiger partial charge >= 0.3 is 0 Å². The minimum atomic E-state index is -0.217. The Morgan fingerprint density at radius 3 is 2.30 bits per heavy atom. The van der Waals surface area contributed by atoms with Gasteiger partial charge in [-0.25, -0.2) is 0 Å². The molecule has 0 aromatic heterocycles. The van der Waals surface area contributed by atoms with E-state index in [1.54, 1.807) is 0 Å². The molecule has 0 bridgehead atoms. The summed E-state index contributed by atoms with van der Waals surface area (Å²) >= 11 is 0. The number of aliphatic hydroxyl groups excluding tert-OH is 1. The maximum atomic E-state index is 9.50. The smallest absolute Gasteiger partial charge is 0.125 e. The van der Waals surface area contributed by atoms with Gasteiger partial charge in [-0.3, -0.25) is 4.90 Å². The first-order valence-corrected chi connectivity index (χ1v) is 8.33. The monoisotopic (exact) mass is 321 g/mol. The molecule has 0 aliphatic carbocycles. The van der Waals surface area contributed by atoms with E-state index in [4.69, 9.17) is 14.2 Å². The van der Waals surface area contributed by atoms with Crippen LogP contribution in [0.5, 0.6) is 5.75 Å². The predicted molar refractivity (Wildman–Crippen MR) is 87.8 cm³/mol. The Kier molecular flexibility index (Phi) is 5.21. The largest absolute Gasteiger partial charge is 0.492 e. The molecule has 2 fully saturated rings. The van der Waals surface area contributed by atoms with Crippen molar-refractivity contribution < 1.29 is 19.3 Å². The summed E-state index contributed by atoms with van der Waals surface area (Å²) < 4.78 is 16.7. The maximum absolute atomic E-state index is 9.50. The summed E-state index contributed by atoms with van der Waals surface area (Å²) in [6.45, 7) is 10.6. The summed E-state index contributed by atoms with van der Waals surface area (Å²) in [4.78, 5) is 2.42. The Bertz CT molecular complexity index is 507. The Labute approximate surface area is 138 Å². The third-order valence-corrected chi connectivity index (χ3v) is 4.70. The van der Waals surface area contributed by atoms with Crippen LogP contribution in [0.25, 0.3) is 0 Å². The topological polar surface area (TPSA) is 51.2 Å². The van der Waals surface area contributed by atoms with Crippen molar-refractivity contribution in [2.75, 3.05) is 52.7 Å². The van der Waals surface area contributed by atoms with E-state index in [0.717, 1.165) is 49.7 Å². The molecule has 23 heavy (non-hydrogen) atoms. The van der Waals surface area contributed by atoms with Gasteiger partial charge in [-0.05, 0) is 30.5 Å². The predicted octanol–water partition coefficient (Wildman–Crippen LogP) is 1.52. The van der Waals surface area contributed by atoms with Crippen LogP contribution in [-0.2, 0) is 16.0 Å². The van der Waals surface area contributed by atoms with Crippen LogP contribution in [-0.4, -0.2) is 62.7 Å². The fraction of sp³-hybridized carbons (Fsp3) is 0.667. The van der Waals surface area contributed by atoms with Gasteiger partial charge in [0.2, 0.25) is 0 Å². The average molecular weight is 321 g/mol. The summed E-state index contributed by atoms with van der Waals surface area (Å²) in [5, 5.41) is 9.50. The molecular formula is C18H27NO4. The molecule has 0 radical (unpaired) electrons. The molecule has 0 saturated carbocycles. The van der Waals surface area contributed by atoms with Crippen molar-refractivity contribution >= 4 is 0 Å². The number of aryl methyl sites for hydroxylation is 2. The van der Waals surface area contributed by atoms with Crippen LogP contribution in [0.3, 0.4) is 0 Å². The van der Waals surface area contributed by atoms with Gasteiger partial charge < -0.3 is 19.3 Å². The van der Waals surface area contributed by atoms with E-state index in [0.29, 0.717) is 19.8 Å². The van der Waals surface area contributed by atoms with Crippen molar-refractivity contribution in [2.24, 2.45) is 5.41 Å². The van der Waals surface area contributed by atoms with Gasteiger partial charge in [0.05, 0.1) is 38.4 Å². The highest BCUT2D eigenvalue weighted by molar-refractivity contribution is 5.43. The van der Waals surface area contributed by atoms with Crippen LogP contribution >= 0.6 is 0 Å². The van der Waals surface area contributed by atoms with Crippen molar-refractivity contribution in [1.29, 1.82) is 0 Å². The van der Waals surface area contributed by atoms with E-state index in [1.807, 2.05) is 0 Å². The minimum absolute atomic E-state index is 0.111. The van der Waals surface area contributed by atoms with E-state index in [1.165, 1.54) is 5.56 Å². The summed E-state index contributed by atoms with van der Waals surface area (Å²) in [7, 11) is 0. The molecule has 0 spiro atoms. The minimum Gasteiger partial charge on any atom is -0.492 e. The van der Waals surface area contributed by atoms with Gasteiger partial charge in [0.15, 0.2) is 0 Å². The molecule has 2 saturated heterocycles. The van der Waals surface area contributed by atoms with E-state index >= 15 is 0 Å². The van der Waals surface area contributed by atoms with E-state index in [2.05, 4.69) is 30.9 Å². The highest BCUT2D eigenvalue weighted by Crippen LogP contribution is 2.31. The Hall–Kier alpha value is -1.14. The summed E-state index contributed by atoms with van der Waals surface area (Å²) in [5.41, 5.74) is 3.41. The summed E-state index contributed by atoms with van der Waals surface area (Å²) in [5.74, 6) is 0.940. The lowest BCUT2D eigenvalue weighted by molar-refractivity contribution is -0.153. The average Bonchev–Trinajstić information content (AvgIpc) is 2.50. The first kappa shape index (κ1) is 16.7. The Morgan fingerprint density at radius 1 is 1.13 bits per heavy atom. The summed E-state index contributed by atoms with van der Waals surface area (Å²) in [6, 6.07) is 4.42. The molecule has 2 aliphatic heterocycles. The molecule has 0 unspecified atom stereocenters. The highest BCUT2D eigenvalue weighted by atomic mass is 16.5. The second-order valence-electron chi connectivity index (χ2n) is 6.89. The van der Waals surface area contributed by atoms with Crippen molar-refractivity contribution in [3.8, 4) is 5.75 Å². The van der Waals surface area contributed by atoms with E-state index in [9.17, 15) is 5.11 Å². The fourth-order valence-corrected chi connectivity index (χ4v) is 3.21. The van der Waals surface area contributed by atoms with Gasteiger partial charge in [-0.15, -0.1) is 0 Å². The number of benzene rings is 1. The molecule has 3 rings (SSSR count). The molecule has 2 heterocycles. The van der Waals surface area contributed by atoms with E-state index in [-0.39, 0.29) is 12.0 Å². The number of hydrogen-bond acceptors (Lipinski definition) is 5. The molecule has 0 atom stereocenters. The second-order valence-corrected chi connectivity index (χ2v) is 6.89. The Balaban J connectivity index is 1.64. The first-order chi connectivity index (χ1) is 11.1. The third kappa shape index (κ3) is 3.86. The molecule has 1 N–H and O–H groups in total. The van der Waals surface area contributed by atoms with Gasteiger partial charge in [-0.2, -0.15) is 0 Å². The molecule has 0 amide bonds. The number of morpholine rings is 1. The zero-order valence-corrected chi connectivity index (χ0v) is 14.1. The van der Waals surface area contributed by atoms with Crippen molar-refractivity contribution in [1.82, 2.24) is 4.90 Å². The summed E-state index contributed by atoms with van der Waals surface area (Å²) in [6.07, 6.45) is 0. The highest BCUT2D eigenvalue weighted by Gasteiger charge is 2.39. The third-order valence-electron chi connectivity index (χ3n) is 4.70. The number of rotatable bonds is 6. The molecule has 2 aliphatic rings. The lowest BCUT2D eigenvalue weighted by Gasteiger charge is -2.39. The number of aliphatic hydroxyl groups is 1. The van der Waals surface area contributed by atoms with Crippen LogP contribution in [0, 0.1) is 19.3 Å². The van der Waals surface area contributed by atoms with E-state index < -0.39 is 0 Å². The molecule has 5 heteroatoms. The maximum Gasteiger partial charge on any atom is 0.125 e. The number of nitrogens with zero attached hydrogens (tertiary/aromatic N) is 1. The normalized spacial score (nSPS) is 21.0. The fourth-order valence-electron chi connectivity index (χ4n) is 3.21. The molecule has 1 aromatic rings. The molecule has 5 nitrogen and oxygen atoms in total. The van der Waals surface area contributed by atoms with Gasteiger partial charge in [0.1, 0.15) is 12.4 Å². The van der Waals surface area contributed by atoms with Crippen LogP contribution in [0.1, 0.15) is 16.7 Å². The number of ether oxygens (including phenoxy) is 3. The Morgan fingerprint density at radius 2 is 1.78 bits per heavy atom. The van der Waals surface area contributed by atoms with Gasteiger partial charge in [0, 0.05) is 19.6 Å². The quantitative estimate of drug-likeness (QED) is 0.861.